The molecule has 1 heteroatoms. The first-order valence-corrected chi connectivity index (χ1v) is 2.96. The maximum absolute atomic E-state index is 5.02. The molecule has 0 bridgehead atoms. The van der Waals surface area contributed by atoms with Crippen molar-refractivity contribution >= 4 is 0 Å². The van der Waals surface area contributed by atoms with E-state index >= 15 is 0 Å². The van der Waals surface area contributed by atoms with Crippen LogP contribution in [0.3, 0.4) is 0 Å². The van der Waals surface area contributed by atoms with E-state index in [-0.39, 0.29) is 6.10 Å². The maximum atomic E-state index is 5.02. The molecule has 0 spiro atoms. The predicted octanol–water partition coefficient (Wildman–Crippen LogP) is 1.96. The molecule has 1 unspecified atom stereocenters. The Kier molecular flexibility index (Phi) is 4.06. The van der Waals surface area contributed by atoms with Crippen LogP contribution in [-0.2, 0) is 4.74 Å². The summed E-state index contributed by atoms with van der Waals surface area (Å²) in [4.78, 5) is 0. The van der Waals surface area contributed by atoms with Crippen LogP contribution in [0.2, 0.25) is 0 Å². The molecule has 0 aliphatic rings. The van der Waals surface area contributed by atoms with Crippen molar-refractivity contribution in [1.29, 1.82) is 0 Å². The molecule has 0 heterocycles. The van der Waals surface area contributed by atoms with Crippen molar-refractivity contribution in [3.05, 3.63) is 24.3 Å². The Morgan fingerprint density at radius 1 is 1.78 bits per heavy atom. The Morgan fingerprint density at radius 2 is 2.33 bits per heavy atom. The number of hydrogen-bond donors (Lipinski definition) is 0. The van der Waals surface area contributed by atoms with Crippen molar-refractivity contribution in [1.82, 2.24) is 0 Å². The van der Waals surface area contributed by atoms with Gasteiger partial charge in [-0.1, -0.05) is 12.7 Å². The molecule has 1 nitrogen and oxygen atoms in total. The third-order valence-electron chi connectivity index (χ3n) is 1.29. The maximum Gasteiger partial charge on any atom is 0.0759 e. The topological polar surface area (TPSA) is 9.23 Å². The highest BCUT2D eigenvalue weighted by molar-refractivity contribution is 5.04. The van der Waals surface area contributed by atoms with E-state index in [0.717, 1.165) is 5.57 Å². The van der Waals surface area contributed by atoms with E-state index in [2.05, 4.69) is 12.7 Å². The van der Waals surface area contributed by atoms with Crippen LogP contribution in [0.4, 0.5) is 0 Å². The fraction of sp³-hybridized carbons (Fsp3) is 0.500. The quantitative estimate of drug-likeness (QED) is 0.524. The lowest BCUT2D eigenvalue weighted by Crippen LogP contribution is -2.05. The van der Waals surface area contributed by atoms with Gasteiger partial charge in [-0.15, -0.1) is 0 Å². The summed E-state index contributed by atoms with van der Waals surface area (Å²) in [6.45, 7) is 7.48. The van der Waals surface area contributed by atoms with Crippen LogP contribution in [0.15, 0.2) is 18.2 Å². The molecule has 9 heavy (non-hydrogen) atoms. The van der Waals surface area contributed by atoms with Crippen molar-refractivity contribution < 1.29 is 4.74 Å². The average Bonchev–Trinajstić information content (AvgIpc) is 1.87. The Balaban J connectivity index is 3.84. The van der Waals surface area contributed by atoms with Gasteiger partial charge in [0, 0.05) is 7.11 Å². The second-order valence-corrected chi connectivity index (χ2v) is 1.91. The number of allylic oxidation sites excluding steroid dienone is 2. The van der Waals surface area contributed by atoms with Gasteiger partial charge < -0.3 is 4.74 Å². The molecule has 0 saturated carbocycles. The second-order valence-electron chi connectivity index (χ2n) is 1.91. The molecule has 0 aromatic heterocycles. The summed E-state index contributed by atoms with van der Waals surface area (Å²) in [5.74, 6) is 0. The predicted molar refractivity (Wildman–Crippen MR) is 39.1 cm³/mol. The number of rotatable bonds is 3. The molecule has 0 fully saturated rings. The van der Waals surface area contributed by atoms with Crippen molar-refractivity contribution in [3.63, 3.8) is 0 Å². The summed E-state index contributed by atoms with van der Waals surface area (Å²) >= 11 is 0. The van der Waals surface area contributed by atoms with Crippen LogP contribution < -0.4 is 0 Å². The van der Waals surface area contributed by atoms with Crippen molar-refractivity contribution in [2.45, 2.75) is 20.0 Å². The molecule has 0 aliphatic carbocycles. The number of ether oxygens (including phenoxy) is 1. The molecule has 0 rings (SSSR count). The Hall–Kier alpha value is -0.560. The highest BCUT2D eigenvalue weighted by Gasteiger charge is 1.98. The van der Waals surface area contributed by atoms with Gasteiger partial charge in [-0.2, -0.15) is 0 Å². The molecular formula is C8H13O. The zero-order valence-corrected chi connectivity index (χ0v) is 6.27. The van der Waals surface area contributed by atoms with E-state index in [1.165, 1.54) is 0 Å². The normalized spacial score (nSPS) is 15.2. The Bertz CT molecular complexity index is 114. The van der Waals surface area contributed by atoms with E-state index in [4.69, 9.17) is 4.74 Å². The van der Waals surface area contributed by atoms with Gasteiger partial charge in [0.25, 0.3) is 0 Å². The van der Waals surface area contributed by atoms with Crippen LogP contribution in [0.1, 0.15) is 13.8 Å². The second kappa shape index (κ2) is 4.33. The molecule has 0 N–H and O–H groups in total. The summed E-state index contributed by atoms with van der Waals surface area (Å²) in [6.07, 6.45) is 4.75. The molecule has 1 radical (unpaired) electrons. The number of hydrogen-bond acceptors (Lipinski definition) is 1. The first-order valence-electron chi connectivity index (χ1n) is 2.96. The minimum absolute atomic E-state index is 0.156. The molecule has 0 saturated heterocycles. The minimum atomic E-state index is 0.156. The summed E-state index contributed by atoms with van der Waals surface area (Å²) in [7, 11) is 1.68. The van der Waals surface area contributed by atoms with Gasteiger partial charge in [-0.3, -0.25) is 0 Å². The fourth-order valence-corrected chi connectivity index (χ4v) is 0.455. The van der Waals surface area contributed by atoms with Crippen LogP contribution in [0, 0.1) is 6.08 Å². The largest absolute Gasteiger partial charge is 0.377 e. The van der Waals surface area contributed by atoms with Crippen LogP contribution in [0.5, 0.6) is 0 Å². The Labute approximate surface area is 57.0 Å². The lowest BCUT2D eigenvalue weighted by atomic mass is 10.2. The van der Waals surface area contributed by atoms with Gasteiger partial charge >= 0.3 is 0 Å². The first kappa shape index (κ1) is 8.44. The van der Waals surface area contributed by atoms with E-state index in [0.29, 0.717) is 0 Å². The van der Waals surface area contributed by atoms with Crippen molar-refractivity contribution in [2.24, 2.45) is 0 Å². The van der Waals surface area contributed by atoms with E-state index < -0.39 is 0 Å². The van der Waals surface area contributed by atoms with Crippen molar-refractivity contribution in [3.8, 4) is 0 Å². The smallest absolute Gasteiger partial charge is 0.0759 e. The van der Waals surface area contributed by atoms with Crippen LogP contribution in [-0.4, -0.2) is 13.2 Å². The monoisotopic (exact) mass is 125 g/mol. The minimum Gasteiger partial charge on any atom is -0.377 e. The van der Waals surface area contributed by atoms with Gasteiger partial charge in [-0.25, -0.2) is 0 Å². The zero-order chi connectivity index (χ0) is 7.28. The molecule has 0 amide bonds. The SMILES string of the molecule is C=C/[C]=C(/C)C(C)OC. The highest BCUT2D eigenvalue weighted by atomic mass is 16.5. The standard InChI is InChI=1S/C8H13O/c1-5-6-7(2)8(3)9-4/h5,8H,1H2,2-4H3. The van der Waals surface area contributed by atoms with E-state index in [9.17, 15) is 0 Å². The zero-order valence-electron chi connectivity index (χ0n) is 6.27. The summed E-state index contributed by atoms with van der Waals surface area (Å²) in [5.41, 5.74) is 1.08. The average molecular weight is 125 g/mol. The Morgan fingerprint density at radius 3 is 2.67 bits per heavy atom. The molecule has 0 aromatic carbocycles. The van der Waals surface area contributed by atoms with Gasteiger partial charge in [0.2, 0.25) is 0 Å². The highest BCUT2D eigenvalue weighted by Crippen LogP contribution is 2.02. The molecule has 0 aromatic rings. The lowest BCUT2D eigenvalue weighted by molar-refractivity contribution is 0.146. The lowest BCUT2D eigenvalue weighted by Gasteiger charge is -2.07. The summed E-state index contributed by atoms with van der Waals surface area (Å²) in [6, 6.07) is 0. The summed E-state index contributed by atoms with van der Waals surface area (Å²) in [5, 5.41) is 0. The third-order valence-corrected chi connectivity index (χ3v) is 1.29. The van der Waals surface area contributed by atoms with Gasteiger partial charge in [-0.05, 0) is 25.5 Å². The van der Waals surface area contributed by atoms with E-state index in [1.54, 1.807) is 13.2 Å². The van der Waals surface area contributed by atoms with Gasteiger partial charge in [0.1, 0.15) is 0 Å². The van der Waals surface area contributed by atoms with Gasteiger partial charge in [0.15, 0.2) is 0 Å². The molecular weight excluding hydrogens is 112 g/mol. The molecule has 51 valence electrons. The van der Waals surface area contributed by atoms with Crippen molar-refractivity contribution in [2.75, 3.05) is 7.11 Å². The van der Waals surface area contributed by atoms with Gasteiger partial charge in [0.05, 0.1) is 6.10 Å². The molecule has 1 atom stereocenters. The number of methoxy groups -OCH3 is 1. The third kappa shape index (κ3) is 3.09. The van der Waals surface area contributed by atoms with Crippen LogP contribution >= 0.6 is 0 Å². The molecule has 0 aliphatic heterocycles. The van der Waals surface area contributed by atoms with Crippen LogP contribution in [0.25, 0.3) is 0 Å². The van der Waals surface area contributed by atoms with E-state index in [1.807, 2.05) is 13.8 Å². The fourth-order valence-electron chi connectivity index (χ4n) is 0.455. The summed E-state index contributed by atoms with van der Waals surface area (Å²) < 4.78 is 5.02. The first-order chi connectivity index (χ1) is 4.22.